The first-order chi connectivity index (χ1) is 16.8. The SMILES string of the molecule is CO[C@H]1[C@@H]2OC(C)(C)O[C@@H]2O[C@H]1C1CC(=O)N(Cc2ccccc2)C(=O)N1Cc1ccccc1O. The number of para-hydroxylation sites is 1. The molecule has 0 bridgehead atoms. The molecular formula is C26H30N2O7. The van der Waals surface area contributed by atoms with E-state index in [0.29, 0.717) is 5.56 Å². The normalized spacial score (nSPS) is 30.1. The van der Waals surface area contributed by atoms with Crippen LogP contribution in [-0.2, 0) is 36.8 Å². The van der Waals surface area contributed by atoms with Gasteiger partial charge >= 0.3 is 6.03 Å². The zero-order valence-electron chi connectivity index (χ0n) is 20.0. The van der Waals surface area contributed by atoms with Gasteiger partial charge in [-0.2, -0.15) is 0 Å². The second-order valence-electron chi connectivity index (χ2n) is 9.55. The van der Waals surface area contributed by atoms with Crippen molar-refractivity contribution in [2.75, 3.05) is 7.11 Å². The van der Waals surface area contributed by atoms with Crippen molar-refractivity contribution in [3.05, 3.63) is 65.7 Å². The topological polar surface area (TPSA) is 97.8 Å². The van der Waals surface area contributed by atoms with E-state index in [0.717, 1.165) is 5.56 Å². The zero-order chi connectivity index (χ0) is 24.7. The molecule has 186 valence electrons. The van der Waals surface area contributed by atoms with Crippen LogP contribution in [0.25, 0.3) is 0 Å². The summed E-state index contributed by atoms with van der Waals surface area (Å²) in [4.78, 5) is 29.8. The average Bonchev–Trinajstić information content (AvgIpc) is 3.31. The highest BCUT2D eigenvalue weighted by Gasteiger charge is 2.59. The van der Waals surface area contributed by atoms with Crippen LogP contribution >= 0.6 is 0 Å². The maximum atomic E-state index is 13.8. The number of amides is 3. The first-order valence-corrected chi connectivity index (χ1v) is 11.7. The van der Waals surface area contributed by atoms with Gasteiger partial charge in [-0.15, -0.1) is 0 Å². The predicted octanol–water partition coefficient (Wildman–Crippen LogP) is 3.01. The molecule has 2 aromatic rings. The van der Waals surface area contributed by atoms with Crippen LogP contribution in [0.2, 0.25) is 0 Å². The molecule has 0 radical (unpaired) electrons. The number of methoxy groups -OCH3 is 1. The summed E-state index contributed by atoms with van der Waals surface area (Å²) in [6.45, 7) is 3.87. The summed E-state index contributed by atoms with van der Waals surface area (Å²) in [7, 11) is 1.56. The van der Waals surface area contributed by atoms with Crippen LogP contribution in [0.5, 0.6) is 5.75 Å². The summed E-state index contributed by atoms with van der Waals surface area (Å²) in [5.41, 5.74) is 1.42. The van der Waals surface area contributed by atoms with Crippen molar-refractivity contribution >= 4 is 11.9 Å². The average molecular weight is 483 g/mol. The van der Waals surface area contributed by atoms with E-state index < -0.39 is 42.5 Å². The Bertz CT molecular complexity index is 1090. The fourth-order valence-electron chi connectivity index (χ4n) is 5.11. The molecule has 3 saturated heterocycles. The molecular weight excluding hydrogens is 452 g/mol. The summed E-state index contributed by atoms with van der Waals surface area (Å²) < 4.78 is 23.9. The van der Waals surface area contributed by atoms with Gasteiger partial charge < -0.3 is 29.0 Å². The van der Waals surface area contributed by atoms with E-state index in [-0.39, 0.29) is 31.2 Å². The first kappa shape index (κ1) is 23.7. The number of urea groups is 1. The van der Waals surface area contributed by atoms with Gasteiger partial charge in [0.25, 0.3) is 0 Å². The number of hydrogen-bond donors (Lipinski definition) is 1. The van der Waals surface area contributed by atoms with E-state index in [4.69, 9.17) is 18.9 Å². The van der Waals surface area contributed by atoms with Crippen LogP contribution in [0.15, 0.2) is 54.6 Å². The highest BCUT2D eigenvalue weighted by atomic mass is 16.8. The van der Waals surface area contributed by atoms with Gasteiger partial charge in [0.05, 0.1) is 25.6 Å². The minimum Gasteiger partial charge on any atom is -0.508 e. The fraction of sp³-hybridized carbons (Fsp3) is 0.462. The number of ether oxygens (including phenoxy) is 4. The van der Waals surface area contributed by atoms with Crippen molar-refractivity contribution < 1.29 is 33.6 Å². The second kappa shape index (κ2) is 9.23. The van der Waals surface area contributed by atoms with E-state index in [1.54, 1.807) is 50.1 Å². The van der Waals surface area contributed by atoms with Gasteiger partial charge in [-0.1, -0.05) is 48.5 Å². The Morgan fingerprint density at radius 1 is 1.00 bits per heavy atom. The number of phenolic OH excluding ortho intramolecular Hbond substituents is 1. The van der Waals surface area contributed by atoms with Crippen molar-refractivity contribution in [3.8, 4) is 5.75 Å². The van der Waals surface area contributed by atoms with E-state index in [2.05, 4.69) is 0 Å². The van der Waals surface area contributed by atoms with Crippen molar-refractivity contribution in [3.63, 3.8) is 0 Å². The minimum absolute atomic E-state index is 0.0412. The zero-order valence-corrected chi connectivity index (χ0v) is 20.0. The molecule has 9 heteroatoms. The van der Waals surface area contributed by atoms with E-state index in [1.165, 1.54) is 4.90 Å². The van der Waals surface area contributed by atoms with E-state index in [9.17, 15) is 14.7 Å². The third-order valence-electron chi connectivity index (χ3n) is 6.76. The Balaban J connectivity index is 1.46. The number of benzene rings is 2. The molecule has 3 heterocycles. The Labute approximate surface area is 204 Å². The number of carbonyl (C=O) groups is 2. The molecule has 0 saturated carbocycles. The monoisotopic (exact) mass is 482 g/mol. The van der Waals surface area contributed by atoms with E-state index >= 15 is 0 Å². The molecule has 3 amide bonds. The molecule has 1 unspecified atom stereocenters. The smallest absolute Gasteiger partial charge is 0.327 e. The molecule has 3 aliphatic heterocycles. The van der Waals surface area contributed by atoms with Gasteiger partial charge in [0.2, 0.25) is 5.91 Å². The highest BCUT2D eigenvalue weighted by molar-refractivity contribution is 5.97. The number of aromatic hydroxyl groups is 1. The molecule has 0 spiro atoms. The third-order valence-corrected chi connectivity index (χ3v) is 6.76. The largest absolute Gasteiger partial charge is 0.508 e. The predicted molar refractivity (Wildman–Crippen MR) is 124 cm³/mol. The van der Waals surface area contributed by atoms with Crippen LogP contribution in [0.4, 0.5) is 4.79 Å². The van der Waals surface area contributed by atoms with Crippen molar-refractivity contribution in [2.24, 2.45) is 0 Å². The molecule has 35 heavy (non-hydrogen) atoms. The molecule has 9 nitrogen and oxygen atoms in total. The first-order valence-electron chi connectivity index (χ1n) is 11.7. The van der Waals surface area contributed by atoms with Gasteiger partial charge in [-0.25, -0.2) is 4.79 Å². The molecule has 1 N–H and O–H groups in total. The number of phenols is 1. The lowest BCUT2D eigenvalue weighted by Gasteiger charge is -2.43. The lowest BCUT2D eigenvalue weighted by Crippen LogP contribution is -2.61. The number of hydrogen-bond acceptors (Lipinski definition) is 7. The Hall–Kier alpha value is -2.98. The summed E-state index contributed by atoms with van der Waals surface area (Å²) in [5, 5.41) is 10.4. The maximum absolute atomic E-state index is 13.8. The second-order valence-corrected chi connectivity index (χ2v) is 9.55. The molecule has 0 aliphatic carbocycles. The standard InChI is InChI=1S/C26H30N2O7/c1-26(2)34-23-22(32-3)21(33-24(23)35-26)18-13-20(30)28(14-16-9-5-4-6-10-16)25(31)27(18)15-17-11-7-8-12-19(17)29/h4-12,18,21-24,29H,13-15H2,1-3H3/t18?,21-,22+,23-,24-/m0/s1. The number of fused-ring (bicyclic) bond motifs is 1. The van der Waals surface area contributed by atoms with Crippen molar-refractivity contribution in [1.29, 1.82) is 0 Å². The van der Waals surface area contributed by atoms with E-state index in [1.807, 2.05) is 30.3 Å². The Kier molecular flexibility index (Phi) is 6.27. The van der Waals surface area contributed by atoms with Crippen molar-refractivity contribution in [2.45, 2.75) is 69.8 Å². The van der Waals surface area contributed by atoms with Crippen LogP contribution in [0, 0.1) is 0 Å². The lowest BCUT2D eigenvalue weighted by molar-refractivity contribution is -0.224. The summed E-state index contributed by atoms with van der Waals surface area (Å²) >= 11 is 0. The van der Waals surface area contributed by atoms with Gasteiger partial charge in [0, 0.05) is 12.7 Å². The van der Waals surface area contributed by atoms with Gasteiger partial charge in [-0.05, 0) is 25.5 Å². The Morgan fingerprint density at radius 3 is 2.43 bits per heavy atom. The fourth-order valence-corrected chi connectivity index (χ4v) is 5.11. The van der Waals surface area contributed by atoms with Crippen LogP contribution in [-0.4, -0.2) is 70.4 Å². The van der Waals surface area contributed by atoms with Gasteiger partial charge in [-0.3, -0.25) is 9.69 Å². The number of rotatable bonds is 6. The molecule has 3 fully saturated rings. The van der Waals surface area contributed by atoms with Crippen LogP contribution < -0.4 is 0 Å². The van der Waals surface area contributed by atoms with Crippen molar-refractivity contribution in [1.82, 2.24) is 9.80 Å². The molecule has 3 aliphatic rings. The number of imide groups is 1. The molecule has 0 aromatic heterocycles. The Morgan fingerprint density at radius 2 is 1.71 bits per heavy atom. The van der Waals surface area contributed by atoms with Crippen LogP contribution in [0.1, 0.15) is 31.4 Å². The summed E-state index contributed by atoms with van der Waals surface area (Å²) in [5.74, 6) is -1.04. The molecule has 2 aromatic carbocycles. The lowest BCUT2D eigenvalue weighted by atomic mass is 9.95. The molecule has 5 rings (SSSR count). The molecule has 5 atom stereocenters. The third kappa shape index (κ3) is 4.52. The number of nitrogens with zero attached hydrogens (tertiary/aromatic N) is 2. The maximum Gasteiger partial charge on any atom is 0.327 e. The van der Waals surface area contributed by atoms with Gasteiger partial charge in [0.1, 0.15) is 24.1 Å². The summed E-state index contributed by atoms with van der Waals surface area (Å²) in [6, 6.07) is 15.1. The highest BCUT2D eigenvalue weighted by Crippen LogP contribution is 2.42. The quantitative estimate of drug-likeness (QED) is 0.676. The van der Waals surface area contributed by atoms with Crippen LogP contribution in [0.3, 0.4) is 0 Å². The minimum atomic E-state index is -0.822. The number of carbonyl (C=O) groups excluding carboxylic acids is 2. The summed E-state index contributed by atoms with van der Waals surface area (Å²) in [6.07, 6.45) is -2.30. The van der Waals surface area contributed by atoms with Gasteiger partial charge in [0.15, 0.2) is 12.1 Å².